The highest BCUT2D eigenvalue weighted by molar-refractivity contribution is 5.06. The van der Waals surface area contributed by atoms with Crippen molar-refractivity contribution in [2.24, 2.45) is 0 Å². The van der Waals surface area contributed by atoms with Gasteiger partial charge in [-0.25, -0.2) is 0 Å². The fourth-order valence-electron chi connectivity index (χ4n) is 1.62. The highest BCUT2D eigenvalue weighted by atomic mass is 15.3. The van der Waals surface area contributed by atoms with Crippen LogP contribution < -0.4 is 5.32 Å². The second-order valence-electron chi connectivity index (χ2n) is 4.00. The van der Waals surface area contributed by atoms with Crippen molar-refractivity contribution in [3.8, 4) is 12.3 Å². The summed E-state index contributed by atoms with van der Waals surface area (Å²) in [5, 5.41) is 7.63. The number of rotatable bonds is 7. The monoisotopic (exact) mass is 219 g/mol. The Morgan fingerprint density at radius 2 is 2.31 bits per heavy atom. The van der Waals surface area contributed by atoms with Crippen molar-refractivity contribution in [1.29, 1.82) is 0 Å². The molecule has 1 unspecified atom stereocenters. The van der Waals surface area contributed by atoms with Gasteiger partial charge in [0.25, 0.3) is 0 Å². The Morgan fingerprint density at radius 3 is 2.94 bits per heavy atom. The topological polar surface area (TPSA) is 29.9 Å². The first-order valence-electron chi connectivity index (χ1n) is 6.01. The van der Waals surface area contributed by atoms with Gasteiger partial charge < -0.3 is 0 Å². The summed E-state index contributed by atoms with van der Waals surface area (Å²) in [7, 11) is 0. The fraction of sp³-hybridized carbons (Fsp3) is 0.615. The Balaban J connectivity index is 2.38. The first kappa shape index (κ1) is 12.8. The lowest BCUT2D eigenvalue weighted by molar-refractivity contribution is 0.561. The number of aromatic nitrogens is 2. The normalized spacial score (nSPS) is 12.3. The van der Waals surface area contributed by atoms with Gasteiger partial charge in [0.1, 0.15) is 0 Å². The summed E-state index contributed by atoms with van der Waals surface area (Å²) < 4.78 is 1.97. The molecule has 0 aliphatic rings. The molecule has 0 aliphatic heterocycles. The molecular weight excluding hydrogens is 198 g/mol. The van der Waals surface area contributed by atoms with Gasteiger partial charge in [-0.2, -0.15) is 5.10 Å². The fourth-order valence-corrected chi connectivity index (χ4v) is 1.62. The van der Waals surface area contributed by atoms with E-state index in [1.165, 1.54) is 5.56 Å². The first-order chi connectivity index (χ1) is 7.80. The summed E-state index contributed by atoms with van der Waals surface area (Å²) in [5.41, 5.74) is 1.20. The van der Waals surface area contributed by atoms with E-state index in [4.69, 9.17) is 6.42 Å². The van der Waals surface area contributed by atoms with Crippen molar-refractivity contribution in [2.75, 3.05) is 0 Å². The Kier molecular flexibility index (Phi) is 5.66. The van der Waals surface area contributed by atoms with Crippen molar-refractivity contribution in [2.45, 2.75) is 52.2 Å². The molecule has 1 aromatic rings. The van der Waals surface area contributed by atoms with Gasteiger partial charge >= 0.3 is 0 Å². The number of terminal acetylenes is 1. The van der Waals surface area contributed by atoms with Gasteiger partial charge in [-0.1, -0.05) is 26.2 Å². The lowest BCUT2D eigenvalue weighted by atomic mass is 10.2. The van der Waals surface area contributed by atoms with Crippen molar-refractivity contribution in [3.05, 3.63) is 18.0 Å². The van der Waals surface area contributed by atoms with Crippen LogP contribution in [0.3, 0.4) is 0 Å². The molecule has 3 nitrogen and oxygen atoms in total. The van der Waals surface area contributed by atoms with Gasteiger partial charge in [-0.15, -0.1) is 6.42 Å². The van der Waals surface area contributed by atoms with Crippen molar-refractivity contribution >= 4 is 0 Å². The Labute approximate surface area is 98.2 Å². The number of nitrogens with one attached hydrogen (secondary N) is 1. The minimum atomic E-state index is 0.180. The molecule has 0 aliphatic carbocycles. The molecule has 1 aromatic heterocycles. The minimum Gasteiger partial charge on any atom is -0.299 e. The molecule has 0 fully saturated rings. The zero-order chi connectivity index (χ0) is 11.8. The highest BCUT2D eigenvalue weighted by Gasteiger charge is 2.03. The maximum Gasteiger partial charge on any atom is 0.0689 e. The van der Waals surface area contributed by atoms with Crippen LogP contribution in [0.25, 0.3) is 0 Å². The zero-order valence-electron chi connectivity index (χ0n) is 10.2. The third-order valence-corrected chi connectivity index (χ3v) is 2.47. The van der Waals surface area contributed by atoms with Gasteiger partial charge in [-0.3, -0.25) is 10.00 Å². The van der Waals surface area contributed by atoms with E-state index in [9.17, 15) is 0 Å². The Morgan fingerprint density at radius 1 is 1.50 bits per heavy atom. The summed E-state index contributed by atoms with van der Waals surface area (Å²) in [6.45, 7) is 6.08. The third-order valence-electron chi connectivity index (χ3n) is 2.47. The maximum absolute atomic E-state index is 5.44. The van der Waals surface area contributed by atoms with E-state index >= 15 is 0 Å². The average Bonchev–Trinajstić information content (AvgIpc) is 2.72. The average molecular weight is 219 g/mol. The van der Waals surface area contributed by atoms with Gasteiger partial charge in [0.2, 0.25) is 0 Å². The van der Waals surface area contributed by atoms with Crippen molar-refractivity contribution in [1.82, 2.24) is 15.1 Å². The van der Waals surface area contributed by atoms with E-state index in [1.807, 2.05) is 10.9 Å². The molecule has 0 aromatic carbocycles. The van der Waals surface area contributed by atoms with Crippen molar-refractivity contribution in [3.63, 3.8) is 0 Å². The molecule has 1 atom stereocenters. The molecule has 88 valence electrons. The lowest BCUT2D eigenvalue weighted by Crippen LogP contribution is -2.26. The van der Waals surface area contributed by atoms with Gasteiger partial charge in [0, 0.05) is 24.8 Å². The van der Waals surface area contributed by atoms with Crippen LogP contribution in [0.5, 0.6) is 0 Å². The second kappa shape index (κ2) is 7.08. The molecule has 0 saturated carbocycles. The Bertz CT molecular complexity index is 335. The lowest BCUT2D eigenvalue weighted by Gasteiger charge is -2.10. The van der Waals surface area contributed by atoms with E-state index < -0.39 is 0 Å². The van der Waals surface area contributed by atoms with Crippen LogP contribution in [0.15, 0.2) is 12.4 Å². The van der Waals surface area contributed by atoms with Crippen LogP contribution in [0.1, 0.15) is 38.7 Å². The molecule has 16 heavy (non-hydrogen) atoms. The van der Waals surface area contributed by atoms with Crippen LogP contribution in [-0.4, -0.2) is 15.8 Å². The van der Waals surface area contributed by atoms with Gasteiger partial charge in [0.15, 0.2) is 0 Å². The van der Waals surface area contributed by atoms with Crippen LogP contribution in [0, 0.1) is 12.3 Å². The van der Waals surface area contributed by atoms with Gasteiger partial charge in [-0.05, 0) is 12.8 Å². The summed E-state index contributed by atoms with van der Waals surface area (Å²) in [6.07, 6.45) is 12.7. The molecule has 3 heteroatoms. The SMILES string of the molecule is C#CC(CCC)NCc1cnn(CCC)c1. The molecule has 1 rings (SSSR count). The summed E-state index contributed by atoms with van der Waals surface area (Å²) in [4.78, 5) is 0. The number of hydrogen-bond donors (Lipinski definition) is 1. The first-order valence-corrected chi connectivity index (χ1v) is 6.01. The maximum atomic E-state index is 5.44. The predicted molar refractivity (Wildman–Crippen MR) is 66.9 cm³/mol. The van der Waals surface area contributed by atoms with E-state index in [0.29, 0.717) is 0 Å². The smallest absolute Gasteiger partial charge is 0.0689 e. The molecule has 0 spiro atoms. The zero-order valence-corrected chi connectivity index (χ0v) is 10.2. The number of nitrogens with zero attached hydrogens (tertiary/aromatic N) is 2. The molecule has 1 heterocycles. The van der Waals surface area contributed by atoms with E-state index in [2.05, 4.69) is 36.4 Å². The largest absolute Gasteiger partial charge is 0.299 e. The summed E-state index contributed by atoms with van der Waals surface area (Å²) >= 11 is 0. The van der Waals surface area contributed by atoms with Crippen LogP contribution in [0.4, 0.5) is 0 Å². The highest BCUT2D eigenvalue weighted by Crippen LogP contribution is 2.01. The van der Waals surface area contributed by atoms with E-state index in [1.54, 1.807) is 0 Å². The summed E-state index contributed by atoms with van der Waals surface area (Å²) in [6, 6.07) is 0.180. The molecular formula is C13H21N3. The van der Waals surface area contributed by atoms with Gasteiger partial charge in [0.05, 0.1) is 12.2 Å². The molecule has 0 radical (unpaired) electrons. The molecule has 1 N–H and O–H groups in total. The predicted octanol–water partition coefficient (Wildman–Crippen LogP) is 2.18. The van der Waals surface area contributed by atoms with E-state index in [-0.39, 0.29) is 6.04 Å². The molecule has 0 saturated heterocycles. The quantitative estimate of drug-likeness (QED) is 0.712. The standard InChI is InChI=1S/C13H21N3/c1-4-7-13(6-3)14-9-12-10-15-16(11-12)8-5-2/h3,10-11,13-14H,4-5,7-9H2,1-2H3. The van der Waals surface area contributed by atoms with Crippen LogP contribution in [0.2, 0.25) is 0 Å². The molecule has 0 bridgehead atoms. The molecule has 0 amide bonds. The van der Waals surface area contributed by atoms with Crippen molar-refractivity contribution < 1.29 is 0 Å². The van der Waals surface area contributed by atoms with Crippen LogP contribution in [-0.2, 0) is 13.1 Å². The van der Waals surface area contributed by atoms with Crippen LogP contribution >= 0.6 is 0 Å². The van der Waals surface area contributed by atoms with E-state index in [0.717, 1.165) is 32.4 Å². The number of hydrogen-bond acceptors (Lipinski definition) is 2. The number of aryl methyl sites for hydroxylation is 1. The second-order valence-corrected chi connectivity index (χ2v) is 4.00. The Hall–Kier alpha value is -1.27. The minimum absolute atomic E-state index is 0.180. The third kappa shape index (κ3) is 4.08. The summed E-state index contributed by atoms with van der Waals surface area (Å²) in [5.74, 6) is 2.77.